The van der Waals surface area contributed by atoms with Gasteiger partial charge in [-0.15, -0.1) is 0 Å². The number of hydrogen-bond donors (Lipinski definition) is 2. The minimum absolute atomic E-state index is 0.00832. The molecule has 6 nitrogen and oxygen atoms in total. The van der Waals surface area contributed by atoms with E-state index < -0.39 is 21.8 Å². The molecule has 2 rings (SSSR count). The number of halogens is 4. The van der Waals surface area contributed by atoms with Crippen LogP contribution >= 0.6 is 11.6 Å². The number of sulfonamides is 1. The Kier molecular flexibility index (Phi) is 8.19. The first-order valence-corrected chi connectivity index (χ1v) is 11.2. The second-order valence-electron chi connectivity index (χ2n) is 6.82. The van der Waals surface area contributed by atoms with Gasteiger partial charge in [0.1, 0.15) is 5.75 Å². The molecule has 0 saturated carbocycles. The first kappa shape index (κ1) is 24.8. The van der Waals surface area contributed by atoms with Gasteiger partial charge >= 0.3 is 6.18 Å². The van der Waals surface area contributed by atoms with Crippen LogP contribution in [0.4, 0.5) is 18.9 Å². The number of carbonyl (C=O) groups is 1. The molecule has 2 N–H and O–H groups in total. The van der Waals surface area contributed by atoms with Crippen molar-refractivity contribution in [3.8, 4) is 5.75 Å². The third-order valence-electron chi connectivity index (χ3n) is 4.14. The molecule has 170 valence electrons. The molecule has 0 saturated heterocycles. The Morgan fingerprint density at radius 1 is 1.19 bits per heavy atom. The lowest BCUT2D eigenvalue weighted by molar-refractivity contribution is -0.137. The average molecular weight is 479 g/mol. The van der Waals surface area contributed by atoms with Gasteiger partial charge in [-0.3, -0.25) is 9.52 Å². The summed E-state index contributed by atoms with van der Waals surface area (Å²) in [5.41, 5.74) is -1.23. The van der Waals surface area contributed by atoms with E-state index in [9.17, 15) is 26.4 Å². The van der Waals surface area contributed by atoms with Gasteiger partial charge < -0.3 is 10.1 Å². The van der Waals surface area contributed by atoms with Crippen LogP contribution in [0.25, 0.3) is 0 Å². The highest BCUT2D eigenvalue weighted by Crippen LogP contribution is 2.32. The Labute approximate surface area is 183 Å². The van der Waals surface area contributed by atoms with E-state index in [1.807, 2.05) is 13.8 Å². The molecular weight excluding hydrogens is 457 g/mol. The van der Waals surface area contributed by atoms with E-state index in [4.69, 9.17) is 16.3 Å². The van der Waals surface area contributed by atoms with Crippen molar-refractivity contribution in [2.75, 3.05) is 11.3 Å². The fraction of sp³-hybridized carbons (Fsp3) is 0.350. The summed E-state index contributed by atoms with van der Waals surface area (Å²) >= 11 is 6.06. The van der Waals surface area contributed by atoms with Gasteiger partial charge in [0.2, 0.25) is 0 Å². The fourth-order valence-corrected chi connectivity index (χ4v) is 4.08. The summed E-state index contributed by atoms with van der Waals surface area (Å²) in [4.78, 5) is 11.6. The minimum atomic E-state index is -4.61. The zero-order valence-electron chi connectivity index (χ0n) is 16.8. The molecule has 2 aromatic carbocycles. The van der Waals surface area contributed by atoms with Gasteiger partial charge in [0.25, 0.3) is 15.9 Å². The molecule has 0 spiro atoms. The maximum absolute atomic E-state index is 12.8. The van der Waals surface area contributed by atoms with Gasteiger partial charge in [0.05, 0.1) is 15.5 Å². The lowest BCUT2D eigenvalue weighted by Gasteiger charge is -2.14. The van der Waals surface area contributed by atoms with Crippen LogP contribution in [-0.2, 0) is 21.0 Å². The third kappa shape index (κ3) is 7.32. The van der Waals surface area contributed by atoms with E-state index in [-0.39, 0.29) is 39.9 Å². The van der Waals surface area contributed by atoms with E-state index >= 15 is 0 Å². The van der Waals surface area contributed by atoms with Crippen molar-refractivity contribution in [3.05, 3.63) is 53.1 Å². The molecule has 2 aromatic rings. The zero-order valence-corrected chi connectivity index (χ0v) is 18.4. The van der Waals surface area contributed by atoms with Crippen molar-refractivity contribution in [1.29, 1.82) is 0 Å². The van der Waals surface area contributed by atoms with Gasteiger partial charge in [-0.2, -0.15) is 13.2 Å². The number of alkyl halides is 3. The second-order valence-corrected chi connectivity index (χ2v) is 8.91. The summed E-state index contributed by atoms with van der Waals surface area (Å²) in [5, 5.41) is 2.69. The zero-order chi connectivity index (χ0) is 23.2. The van der Waals surface area contributed by atoms with Crippen molar-refractivity contribution in [1.82, 2.24) is 5.32 Å². The Bertz CT molecular complexity index is 1030. The molecule has 0 aliphatic heterocycles. The Balaban J connectivity index is 2.09. The highest BCUT2D eigenvalue weighted by molar-refractivity contribution is 7.92. The number of rotatable bonds is 9. The third-order valence-corrected chi connectivity index (χ3v) is 5.82. The summed E-state index contributed by atoms with van der Waals surface area (Å²) in [6.07, 6.45) is -2.87. The Morgan fingerprint density at radius 2 is 1.90 bits per heavy atom. The van der Waals surface area contributed by atoms with E-state index in [0.717, 1.165) is 31.0 Å². The lowest BCUT2D eigenvalue weighted by atomic mass is 10.2. The first-order chi connectivity index (χ1) is 14.4. The summed E-state index contributed by atoms with van der Waals surface area (Å²) in [5.74, 6) is -0.252. The quantitative estimate of drug-likeness (QED) is 0.540. The number of carbonyl (C=O) groups excluding carboxylic acids is 1. The average Bonchev–Trinajstić information content (AvgIpc) is 2.66. The molecule has 11 heteroatoms. The standard InChI is InChI=1S/C20H22ClF3N2O4S/c1-3-5-13(2)25-19(27)12-30-18-9-8-16(11-17(18)21)31(28,29)26-15-7-4-6-14(10-15)20(22,23)24/h4,6-11,13,26H,3,5,12H2,1-2H3,(H,25,27)/t13-/m1/s1. The van der Waals surface area contributed by atoms with E-state index in [2.05, 4.69) is 10.0 Å². The van der Waals surface area contributed by atoms with Crippen molar-refractivity contribution in [2.24, 2.45) is 0 Å². The predicted octanol–water partition coefficient (Wildman–Crippen LogP) is 4.84. The number of benzene rings is 2. The SMILES string of the molecule is CCC[C@@H](C)NC(=O)COc1ccc(S(=O)(=O)Nc2cccc(C(F)(F)F)c2)cc1Cl. The van der Waals surface area contributed by atoms with E-state index in [0.29, 0.717) is 6.07 Å². The summed E-state index contributed by atoms with van der Waals surface area (Å²) < 4.78 is 70.9. The second kappa shape index (κ2) is 10.2. The summed E-state index contributed by atoms with van der Waals surface area (Å²) in [7, 11) is -4.20. The maximum Gasteiger partial charge on any atom is 0.416 e. The summed E-state index contributed by atoms with van der Waals surface area (Å²) in [6, 6.07) is 7.34. The van der Waals surface area contributed by atoms with Crippen molar-refractivity contribution >= 4 is 33.2 Å². The first-order valence-electron chi connectivity index (χ1n) is 9.34. The molecule has 0 fully saturated rings. The highest BCUT2D eigenvalue weighted by atomic mass is 35.5. The van der Waals surface area contributed by atoms with Crippen LogP contribution in [-0.4, -0.2) is 27.0 Å². The largest absolute Gasteiger partial charge is 0.482 e. The highest BCUT2D eigenvalue weighted by Gasteiger charge is 2.30. The molecule has 0 aliphatic carbocycles. The number of anilines is 1. The molecule has 0 bridgehead atoms. The number of amides is 1. The van der Waals surface area contributed by atoms with Crippen molar-refractivity contribution in [3.63, 3.8) is 0 Å². The Hall–Kier alpha value is -2.46. The van der Waals surface area contributed by atoms with E-state index in [1.165, 1.54) is 18.2 Å². The molecule has 0 unspecified atom stereocenters. The minimum Gasteiger partial charge on any atom is -0.482 e. The normalized spacial score (nSPS) is 12.8. The van der Waals surface area contributed by atoms with Crippen LogP contribution in [0.5, 0.6) is 5.75 Å². The van der Waals surface area contributed by atoms with Gasteiger partial charge in [0.15, 0.2) is 6.61 Å². The molecule has 1 amide bonds. The summed E-state index contributed by atoms with van der Waals surface area (Å²) in [6.45, 7) is 3.56. The molecule has 0 heterocycles. The molecule has 31 heavy (non-hydrogen) atoms. The molecule has 0 aliphatic rings. The number of nitrogens with one attached hydrogen (secondary N) is 2. The molecule has 1 atom stereocenters. The molecule has 0 radical (unpaired) electrons. The van der Waals surface area contributed by atoms with Crippen LogP contribution in [0, 0.1) is 0 Å². The van der Waals surface area contributed by atoms with Crippen molar-refractivity contribution < 1.29 is 31.1 Å². The van der Waals surface area contributed by atoms with Crippen LogP contribution < -0.4 is 14.8 Å². The van der Waals surface area contributed by atoms with Crippen LogP contribution in [0.2, 0.25) is 5.02 Å². The van der Waals surface area contributed by atoms with Gasteiger partial charge in [0, 0.05) is 11.7 Å². The topological polar surface area (TPSA) is 84.5 Å². The van der Waals surface area contributed by atoms with Gasteiger partial charge in [-0.05, 0) is 49.7 Å². The fourth-order valence-electron chi connectivity index (χ4n) is 2.70. The Morgan fingerprint density at radius 3 is 2.52 bits per heavy atom. The van der Waals surface area contributed by atoms with Crippen LogP contribution in [0.1, 0.15) is 32.3 Å². The van der Waals surface area contributed by atoms with Crippen LogP contribution in [0.15, 0.2) is 47.4 Å². The predicted molar refractivity (Wildman–Crippen MR) is 112 cm³/mol. The van der Waals surface area contributed by atoms with E-state index in [1.54, 1.807) is 0 Å². The monoisotopic (exact) mass is 478 g/mol. The molecule has 0 aromatic heterocycles. The van der Waals surface area contributed by atoms with Gasteiger partial charge in [-0.25, -0.2) is 8.42 Å². The number of ether oxygens (including phenoxy) is 1. The molecular formula is C20H22ClF3N2O4S. The van der Waals surface area contributed by atoms with Gasteiger partial charge in [-0.1, -0.05) is 31.0 Å². The van der Waals surface area contributed by atoms with Crippen molar-refractivity contribution in [2.45, 2.75) is 43.8 Å². The smallest absolute Gasteiger partial charge is 0.416 e. The number of hydrogen-bond acceptors (Lipinski definition) is 4. The lowest BCUT2D eigenvalue weighted by Crippen LogP contribution is -2.35. The van der Waals surface area contributed by atoms with Crippen LogP contribution in [0.3, 0.4) is 0 Å². The maximum atomic E-state index is 12.8.